The van der Waals surface area contributed by atoms with Crippen LogP contribution in [0.25, 0.3) is 11.1 Å². The number of nitrogens with zero attached hydrogens (tertiary/aromatic N) is 1. The Kier molecular flexibility index (Phi) is 5.04. The molecule has 1 atom stereocenters. The van der Waals surface area contributed by atoms with Crippen molar-refractivity contribution >= 4 is 10.0 Å². The maximum absolute atomic E-state index is 12.5. The molecule has 0 radical (unpaired) electrons. The van der Waals surface area contributed by atoms with E-state index in [4.69, 9.17) is 0 Å². The van der Waals surface area contributed by atoms with Crippen molar-refractivity contribution < 1.29 is 8.42 Å². The second-order valence-electron chi connectivity index (χ2n) is 6.49. The monoisotopic (exact) mass is 344 g/mol. The zero-order valence-corrected chi connectivity index (χ0v) is 15.0. The number of hydrogen-bond acceptors (Lipinski definition) is 3. The highest BCUT2D eigenvalue weighted by atomic mass is 32.2. The molecule has 1 fully saturated rings. The molecule has 24 heavy (non-hydrogen) atoms. The summed E-state index contributed by atoms with van der Waals surface area (Å²) in [6.07, 6.45) is 2.43. The predicted octanol–water partition coefficient (Wildman–Crippen LogP) is 3.11. The first-order valence-electron chi connectivity index (χ1n) is 8.34. The lowest BCUT2D eigenvalue weighted by Gasteiger charge is -2.24. The smallest absolute Gasteiger partial charge is 0.240 e. The van der Waals surface area contributed by atoms with Crippen molar-refractivity contribution in [1.82, 2.24) is 9.62 Å². The van der Waals surface area contributed by atoms with Crippen LogP contribution in [0.3, 0.4) is 0 Å². The van der Waals surface area contributed by atoms with E-state index in [0.717, 1.165) is 11.1 Å². The Bertz CT molecular complexity index is 769. The van der Waals surface area contributed by atoms with Gasteiger partial charge in [-0.3, -0.25) is 4.90 Å². The quantitative estimate of drug-likeness (QED) is 0.839. The molecule has 1 saturated carbocycles. The summed E-state index contributed by atoms with van der Waals surface area (Å²) in [5.74, 6) is 0. The summed E-state index contributed by atoms with van der Waals surface area (Å²) in [5.41, 5.74) is 2.09. The summed E-state index contributed by atoms with van der Waals surface area (Å²) in [6, 6.07) is 17.8. The van der Waals surface area contributed by atoms with E-state index in [0.29, 0.717) is 17.5 Å². The Balaban J connectivity index is 1.66. The number of hydrogen-bond donors (Lipinski definition) is 1. The standard InChI is InChI=1S/C19H24N2O2S/c1-15(21(2)18-10-11-18)14-20-24(22,23)19-12-8-17(9-13-19)16-6-4-3-5-7-16/h3-9,12-13,15,18,20H,10-11,14H2,1-2H3. The molecule has 2 aromatic rings. The number of rotatable bonds is 7. The van der Waals surface area contributed by atoms with E-state index < -0.39 is 10.0 Å². The second-order valence-corrected chi connectivity index (χ2v) is 8.25. The summed E-state index contributed by atoms with van der Waals surface area (Å²) in [5, 5.41) is 0. The van der Waals surface area contributed by atoms with Crippen LogP contribution in [0.1, 0.15) is 19.8 Å². The third kappa shape index (κ3) is 4.04. The molecule has 0 heterocycles. The van der Waals surface area contributed by atoms with E-state index in [9.17, 15) is 8.42 Å². The summed E-state index contributed by atoms with van der Waals surface area (Å²) in [7, 11) is -1.41. The lowest BCUT2D eigenvalue weighted by Crippen LogP contribution is -2.41. The SMILES string of the molecule is CC(CNS(=O)(=O)c1ccc(-c2ccccc2)cc1)N(C)C1CC1. The molecule has 1 N–H and O–H groups in total. The minimum absolute atomic E-state index is 0.191. The van der Waals surface area contributed by atoms with Crippen molar-refractivity contribution in [3.63, 3.8) is 0 Å². The molecule has 1 aliphatic rings. The third-order valence-electron chi connectivity index (χ3n) is 4.66. The molecule has 0 aromatic heterocycles. The fourth-order valence-electron chi connectivity index (χ4n) is 2.76. The molecule has 1 unspecified atom stereocenters. The Morgan fingerprint density at radius 2 is 1.62 bits per heavy atom. The van der Waals surface area contributed by atoms with Gasteiger partial charge in [0.1, 0.15) is 0 Å². The van der Waals surface area contributed by atoms with Gasteiger partial charge in [0, 0.05) is 18.6 Å². The van der Waals surface area contributed by atoms with Crippen molar-refractivity contribution in [2.24, 2.45) is 0 Å². The lowest BCUT2D eigenvalue weighted by atomic mass is 10.1. The van der Waals surface area contributed by atoms with E-state index in [-0.39, 0.29) is 6.04 Å². The molecule has 0 spiro atoms. The number of nitrogens with one attached hydrogen (secondary N) is 1. The first-order chi connectivity index (χ1) is 11.5. The summed E-state index contributed by atoms with van der Waals surface area (Å²) in [4.78, 5) is 2.56. The summed E-state index contributed by atoms with van der Waals surface area (Å²) < 4.78 is 27.7. The zero-order chi connectivity index (χ0) is 17.2. The second kappa shape index (κ2) is 7.05. The zero-order valence-electron chi connectivity index (χ0n) is 14.1. The van der Waals surface area contributed by atoms with Gasteiger partial charge in [-0.2, -0.15) is 0 Å². The number of sulfonamides is 1. The minimum atomic E-state index is -3.47. The van der Waals surface area contributed by atoms with Gasteiger partial charge in [0.25, 0.3) is 0 Å². The van der Waals surface area contributed by atoms with Crippen LogP contribution in [0.15, 0.2) is 59.5 Å². The van der Waals surface area contributed by atoms with Crippen LogP contribution < -0.4 is 4.72 Å². The van der Waals surface area contributed by atoms with Crippen molar-refractivity contribution in [3.05, 3.63) is 54.6 Å². The highest BCUT2D eigenvalue weighted by Gasteiger charge is 2.29. The molecule has 0 amide bonds. The van der Waals surface area contributed by atoms with Gasteiger partial charge in [-0.25, -0.2) is 13.1 Å². The van der Waals surface area contributed by atoms with Crippen molar-refractivity contribution in [2.45, 2.75) is 36.7 Å². The Morgan fingerprint density at radius 1 is 1.04 bits per heavy atom. The summed E-state index contributed by atoms with van der Waals surface area (Å²) >= 11 is 0. The van der Waals surface area contributed by atoms with Crippen LogP contribution in [-0.2, 0) is 10.0 Å². The topological polar surface area (TPSA) is 49.4 Å². The van der Waals surface area contributed by atoms with Gasteiger partial charge >= 0.3 is 0 Å². The van der Waals surface area contributed by atoms with Crippen LogP contribution >= 0.6 is 0 Å². The van der Waals surface area contributed by atoms with Gasteiger partial charge in [-0.1, -0.05) is 42.5 Å². The van der Waals surface area contributed by atoms with Crippen LogP contribution in [-0.4, -0.2) is 39.0 Å². The minimum Gasteiger partial charge on any atom is -0.299 e. The van der Waals surface area contributed by atoms with E-state index in [2.05, 4.69) is 23.6 Å². The van der Waals surface area contributed by atoms with Crippen molar-refractivity contribution in [3.8, 4) is 11.1 Å². The Labute approximate surface area is 144 Å². The van der Waals surface area contributed by atoms with Crippen molar-refractivity contribution in [2.75, 3.05) is 13.6 Å². The summed E-state index contributed by atoms with van der Waals surface area (Å²) in [6.45, 7) is 2.48. The van der Waals surface area contributed by atoms with E-state index in [1.54, 1.807) is 12.1 Å². The molecule has 0 bridgehead atoms. The molecule has 128 valence electrons. The van der Waals surface area contributed by atoms with E-state index in [1.165, 1.54) is 12.8 Å². The Hall–Kier alpha value is -1.69. The van der Waals surface area contributed by atoms with E-state index >= 15 is 0 Å². The first kappa shape index (κ1) is 17.1. The molecule has 0 aliphatic heterocycles. The van der Waals surface area contributed by atoms with Gasteiger partial charge < -0.3 is 0 Å². The largest absolute Gasteiger partial charge is 0.299 e. The fraction of sp³-hybridized carbons (Fsp3) is 0.368. The molecule has 1 aliphatic carbocycles. The van der Waals surface area contributed by atoms with Crippen LogP contribution in [0.5, 0.6) is 0 Å². The molecule has 3 rings (SSSR count). The average Bonchev–Trinajstić information content (AvgIpc) is 3.45. The van der Waals surface area contributed by atoms with Gasteiger partial charge in [0.15, 0.2) is 0 Å². The van der Waals surface area contributed by atoms with Crippen LogP contribution in [0.4, 0.5) is 0 Å². The van der Waals surface area contributed by atoms with Gasteiger partial charge in [-0.05, 0) is 50.1 Å². The average molecular weight is 344 g/mol. The maximum Gasteiger partial charge on any atom is 0.240 e. The van der Waals surface area contributed by atoms with Gasteiger partial charge in [-0.15, -0.1) is 0 Å². The van der Waals surface area contributed by atoms with Crippen LogP contribution in [0.2, 0.25) is 0 Å². The molecular formula is C19H24N2O2S. The van der Waals surface area contributed by atoms with E-state index in [1.807, 2.05) is 42.5 Å². The molecule has 4 nitrogen and oxygen atoms in total. The highest BCUT2D eigenvalue weighted by Crippen LogP contribution is 2.27. The normalized spacial score (nSPS) is 16.3. The number of likely N-dealkylation sites (N-methyl/N-ethyl adjacent to an activating group) is 1. The van der Waals surface area contributed by atoms with Crippen LogP contribution in [0, 0.1) is 0 Å². The lowest BCUT2D eigenvalue weighted by molar-refractivity contribution is 0.248. The van der Waals surface area contributed by atoms with Crippen molar-refractivity contribution in [1.29, 1.82) is 0 Å². The molecular weight excluding hydrogens is 320 g/mol. The fourth-order valence-corrected chi connectivity index (χ4v) is 3.88. The molecule has 2 aromatic carbocycles. The molecule has 5 heteroatoms. The highest BCUT2D eigenvalue weighted by molar-refractivity contribution is 7.89. The third-order valence-corrected chi connectivity index (χ3v) is 6.10. The van der Waals surface area contributed by atoms with Gasteiger partial charge in [0.2, 0.25) is 10.0 Å². The maximum atomic E-state index is 12.5. The Morgan fingerprint density at radius 3 is 2.21 bits per heavy atom. The predicted molar refractivity (Wildman–Crippen MR) is 97.3 cm³/mol. The number of benzene rings is 2. The molecule has 0 saturated heterocycles. The van der Waals surface area contributed by atoms with Gasteiger partial charge in [0.05, 0.1) is 4.90 Å². The first-order valence-corrected chi connectivity index (χ1v) is 9.83.